The van der Waals surface area contributed by atoms with Crippen LogP contribution in [-0.2, 0) is 0 Å². The molecular weight excluding hydrogens is 338 g/mol. The van der Waals surface area contributed by atoms with Crippen LogP contribution in [0.2, 0.25) is 0 Å². The number of ether oxygens (including phenoxy) is 2. The van der Waals surface area contributed by atoms with Crippen molar-refractivity contribution in [3.63, 3.8) is 0 Å². The summed E-state index contributed by atoms with van der Waals surface area (Å²) in [7, 11) is 5.81. The van der Waals surface area contributed by atoms with Crippen LogP contribution in [0.3, 0.4) is 0 Å². The van der Waals surface area contributed by atoms with Crippen molar-refractivity contribution in [1.82, 2.24) is 9.88 Å². The number of nitrogens with zero attached hydrogens (tertiary/aromatic N) is 2. The fourth-order valence-corrected chi connectivity index (χ4v) is 4.06. The molecule has 0 radical (unpaired) electrons. The number of para-hydroxylation sites is 1. The first-order valence-electron chi connectivity index (χ1n) is 9.59. The van der Waals surface area contributed by atoms with Crippen LogP contribution in [0, 0.1) is 5.92 Å². The maximum Gasteiger partial charge on any atom is 0.163 e. The van der Waals surface area contributed by atoms with Crippen molar-refractivity contribution in [2.24, 2.45) is 5.92 Å². The molecule has 142 valence electrons. The Kier molecular flexibility index (Phi) is 5.03. The quantitative estimate of drug-likeness (QED) is 0.688. The molecular formula is C22H27N3O2. The van der Waals surface area contributed by atoms with Crippen LogP contribution >= 0.6 is 0 Å². The van der Waals surface area contributed by atoms with Crippen LogP contribution in [0.1, 0.15) is 12.8 Å². The zero-order valence-corrected chi connectivity index (χ0v) is 16.3. The van der Waals surface area contributed by atoms with E-state index < -0.39 is 0 Å². The van der Waals surface area contributed by atoms with E-state index in [0.29, 0.717) is 12.5 Å². The molecule has 1 fully saturated rings. The monoisotopic (exact) mass is 365 g/mol. The largest absolute Gasteiger partial charge is 0.493 e. The molecule has 1 unspecified atom stereocenters. The Balaban J connectivity index is 1.71. The van der Waals surface area contributed by atoms with Crippen molar-refractivity contribution in [3.05, 3.63) is 36.4 Å². The van der Waals surface area contributed by atoms with Gasteiger partial charge in [0.05, 0.1) is 30.4 Å². The van der Waals surface area contributed by atoms with E-state index in [0.717, 1.165) is 45.5 Å². The standard InChI is InChI=1S/C22H27N3O2/c1-23-22-16-8-4-5-9-18(16)24-19-12-21(20(26-3)11-17(19)22)27-14-15-7-6-10-25(2)13-15/h4-5,8-9,11-12,15H,6-7,10,13-14H2,1-3H3,(H,23,24). The summed E-state index contributed by atoms with van der Waals surface area (Å²) in [6, 6.07) is 12.2. The molecule has 1 N–H and O–H groups in total. The average molecular weight is 365 g/mol. The number of nitrogens with one attached hydrogen (secondary N) is 1. The van der Waals surface area contributed by atoms with E-state index in [9.17, 15) is 0 Å². The van der Waals surface area contributed by atoms with Crippen molar-refractivity contribution in [2.45, 2.75) is 12.8 Å². The summed E-state index contributed by atoms with van der Waals surface area (Å²) in [5.74, 6) is 2.07. The lowest BCUT2D eigenvalue weighted by Crippen LogP contribution is -2.34. The third kappa shape index (κ3) is 3.52. The van der Waals surface area contributed by atoms with Gasteiger partial charge in [0.1, 0.15) is 0 Å². The predicted octanol–water partition coefficient (Wildman–Crippen LogP) is 4.16. The molecule has 3 aromatic rings. The molecule has 1 saturated heterocycles. The molecule has 5 heteroatoms. The second kappa shape index (κ2) is 7.61. The Labute approximate surface area is 160 Å². The SMILES string of the molecule is CNc1c2ccccc2nc2cc(OCC3CCCN(C)C3)c(OC)cc12. The molecule has 2 aromatic carbocycles. The molecule has 0 aliphatic carbocycles. The molecule has 0 spiro atoms. The maximum absolute atomic E-state index is 6.20. The van der Waals surface area contributed by atoms with E-state index in [1.807, 2.05) is 37.4 Å². The second-order valence-electron chi connectivity index (χ2n) is 7.36. The Bertz CT molecular complexity index is 957. The number of hydrogen-bond acceptors (Lipinski definition) is 5. The topological polar surface area (TPSA) is 46.6 Å². The summed E-state index contributed by atoms with van der Waals surface area (Å²) in [6.07, 6.45) is 2.45. The van der Waals surface area contributed by atoms with E-state index in [1.165, 1.54) is 19.4 Å². The zero-order valence-electron chi connectivity index (χ0n) is 16.3. The number of anilines is 1. The minimum absolute atomic E-state index is 0.557. The van der Waals surface area contributed by atoms with Crippen molar-refractivity contribution >= 4 is 27.5 Å². The highest BCUT2D eigenvalue weighted by Gasteiger charge is 2.19. The number of aromatic nitrogens is 1. The molecule has 0 saturated carbocycles. The lowest BCUT2D eigenvalue weighted by atomic mass is 9.99. The van der Waals surface area contributed by atoms with Gasteiger partial charge in [0.2, 0.25) is 0 Å². The first-order chi connectivity index (χ1) is 13.2. The normalized spacial score (nSPS) is 18.0. The number of likely N-dealkylation sites (tertiary alicyclic amines) is 1. The summed E-state index contributed by atoms with van der Waals surface area (Å²) < 4.78 is 11.8. The number of piperidine rings is 1. The number of methoxy groups -OCH3 is 1. The summed E-state index contributed by atoms with van der Waals surface area (Å²) >= 11 is 0. The van der Waals surface area contributed by atoms with Crippen LogP contribution in [0.25, 0.3) is 21.8 Å². The Hall–Kier alpha value is -2.53. The first-order valence-corrected chi connectivity index (χ1v) is 9.59. The van der Waals surface area contributed by atoms with Gasteiger partial charge in [-0.1, -0.05) is 18.2 Å². The molecule has 4 rings (SSSR count). The van der Waals surface area contributed by atoms with E-state index in [4.69, 9.17) is 14.5 Å². The van der Waals surface area contributed by atoms with E-state index >= 15 is 0 Å². The Morgan fingerprint density at radius 2 is 2.00 bits per heavy atom. The van der Waals surface area contributed by atoms with Gasteiger partial charge >= 0.3 is 0 Å². The van der Waals surface area contributed by atoms with Gasteiger partial charge in [-0.05, 0) is 38.6 Å². The lowest BCUT2D eigenvalue weighted by Gasteiger charge is -2.29. The fraction of sp³-hybridized carbons (Fsp3) is 0.409. The number of benzene rings is 2. The first kappa shape index (κ1) is 17.9. The molecule has 0 amide bonds. The van der Waals surface area contributed by atoms with Crippen LogP contribution in [0.4, 0.5) is 5.69 Å². The molecule has 2 heterocycles. The second-order valence-corrected chi connectivity index (χ2v) is 7.36. The highest BCUT2D eigenvalue weighted by atomic mass is 16.5. The minimum Gasteiger partial charge on any atom is -0.493 e. The minimum atomic E-state index is 0.557. The van der Waals surface area contributed by atoms with Gasteiger partial charge in [-0.2, -0.15) is 0 Å². The maximum atomic E-state index is 6.20. The third-order valence-electron chi connectivity index (χ3n) is 5.41. The zero-order chi connectivity index (χ0) is 18.8. The molecule has 27 heavy (non-hydrogen) atoms. The molecule has 1 aromatic heterocycles. The number of fused-ring (bicyclic) bond motifs is 2. The van der Waals surface area contributed by atoms with Gasteiger partial charge in [-0.25, -0.2) is 4.98 Å². The number of rotatable bonds is 5. The summed E-state index contributed by atoms with van der Waals surface area (Å²) in [5, 5.41) is 5.48. The average Bonchev–Trinajstić information content (AvgIpc) is 2.69. The van der Waals surface area contributed by atoms with E-state index in [2.05, 4.69) is 23.3 Å². The molecule has 1 aliphatic rings. The van der Waals surface area contributed by atoms with Crippen molar-refractivity contribution in [2.75, 3.05) is 46.2 Å². The van der Waals surface area contributed by atoms with Crippen LogP contribution < -0.4 is 14.8 Å². The highest BCUT2D eigenvalue weighted by Crippen LogP contribution is 2.38. The Morgan fingerprint density at radius 3 is 2.78 bits per heavy atom. The molecule has 1 atom stereocenters. The Morgan fingerprint density at radius 1 is 1.15 bits per heavy atom. The van der Waals surface area contributed by atoms with Crippen LogP contribution in [0.5, 0.6) is 11.5 Å². The van der Waals surface area contributed by atoms with Gasteiger partial charge in [-0.3, -0.25) is 0 Å². The number of hydrogen-bond donors (Lipinski definition) is 1. The van der Waals surface area contributed by atoms with Crippen LogP contribution in [-0.4, -0.2) is 50.8 Å². The third-order valence-corrected chi connectivity index (χ3v) is 5.41. The van der Waals surface area contributed by atoms with E-state index in [1.54, 1.807) is 7.11 Å². The van der Waals surface area contributed by atoms with E-state index in [-0.39, 0.29) is 0 Å². The molecule has 1 aliphatic heterocycles. The fourth-order valence-electron chi connectivity index (χ4n) is 4.06. The van der Waals surface area contributed by atoms with Gasteiger partial charge in [0.15, 0.2) is 11.5 Å². The van der Waals surface area contributed by atoms with Gasteiger partial charge in [0.25, 0.3) is 0 Å². The summed E-state index contributed by atoms with van der Waals surface area (Å²) in [6.45, 7) is 2.97. The van der Waals surface area contributed by atoms with Crippen molar-refractivity contribution < 1.29 is 9.47 Å². The van der Waals surface area contributed by atoms with Gasteiger partial charge in [0, 0.05) is 36.3 Å². The van der Waals surface area contributed by atoms with Gasteiger partial charge in [-0.15, -0.1) is 0 Å². The van der Waals surface area contributed by atoms with Gasteiger partial charge < -0.3 is 19.7 Å². The summed E-state index contributed by atoms with van der Waals surface area (Å²) in [4.78, 5) is 7.22. The highest BCUT2D eigenvalue weighted by molar-refractivity contribution is 6.08. The van der Waals surface area contributed by atoms with Crippen molar-refractivity contribution in [3.8, 4) is 11.5 Å². The van der Waals surface area contributed by atoms with Crippen LogP contribution in [0.15, 0.2) is 36.4 Å². The predicted molar refractivity (Wildman–Crippen MR) is 111 cm³/mol. The molecule has 0 bridgehead atoms. The lowest BCUT2D eigenvalue weighted by molar-refractivity contribution is 0.148. The summed E-state index contributed by atoms with van der Waals surface area (Å²) in [5.41, 5.74) is 2.95. The smallest absolute Gasteiger partial charge is 0.163 e. The molecule has 5 nitrogen and oxygen atoms in total. The number of pyridine rings is 1. The van der Waals surface area contributed by atoms with Crippen molar-refractivity contribution in [1.29, 1.82) is 0 Å².